The first-order valence-electron chi connectivity index (χ1n) is 15.6. The maximum absolute atomic E-state index is 14.6. The number of carbonyl (C=O) groups is 1. The van der Waals surface area contributed by atoms with E-state index >= 15 is 0 Å². The minimum Gasteiger partial charge on any atom is -0.463 e. The summed E-state index contributed by atoms with van der Waals surface area (Å²) in [5.41, 5.74) is 1.66. The molecule has 0 saturated carbocycles. The van der Waals surface area contributed by atoms with Crippen molar-refractivity contribution < 1.29 is 26.7 Å². The molecule has 2 saturated heterocycles. The lowest BCUT2D eigenvalue weighted by Crippen LogP contribution is -2.57. The molecule has 0 N–H and O–H groups in total. The van der Waals surface area contributed by atoms with Crippen LogP contribution in [-0.4, -0.2) is 105 Å². The smallest absolute Gasteiger partial charge is 0.318 e. The lowest BCUT2D eigenvalue weighted by Gasteiger charge is -2.43. The third kappa shape index (κ3) is 6.63. The molecule has 1 atom stereocenters. The van der Waals surface area contributed by atoms with Crippen LogP contribution in [0.3, 0.4) is 0 Å². The van der Waals surface area contributed by atoms with E-state index in [-0.39, 0.29) is 48.7 Å². The van der Waals surface area contributed by atoms with Crippen LogP contribution in [0.25, 0.3) is 10.8 Å². The second-order valence-corrected chi connectivity index (χ2v) is 15.5. The summed E-state index contributed by atoms with van der Waals surface area (Å²) in [7, 11) is 0.588. The van der Waals surface area contributed by atoms with Crippen LogP contribution in [0.1, 0.15) is 17.7 Å². The molecule has 1 aromatic heterocycles. The number of piperazine rings is 1. The number of anilines is 2. The van der Waals surface area contributed by atoms with Gasteiger partial charge in [-0.25, -0.2) is 17.2 Å². The fourth-order valence-corrected chi connectivity index (χ4v) is 9.62. The summed E-state index contributed by atoms with van der Waals surface area (Å²) >= 11 is 6.47. The Hall–Kier alpha value is -4.06. The molecule has 2 fully saturated rings. The van der Waals surface area contributed by atoms with Crippen LogP contribution in [0.2, 0.25) is 5.02 Å². The third-order valence-electron chi connectivity index (χ3n) is 9.09. The van der Waals surface area contributed by atoms with Gasteiger partial charge in [0, 0.05) is 54.8 Å². The van der Waals surface area contributed by atoms with E-state index in [4.69, 9.17) is 26.3 Å². The Morgan fingerprint density at radius 1 is 1.19 bits per heavy atom. The fraction of sp³-hybridized carbons (Fsp3) is 0.455. The summed E-state index contributed by atoms with van der Waals surface area (Å²) in [4.78, 5) is 29.5. The van der Waals surface area contributed by atoms with Gasteiger partial charge in [-0.2, -0.15) is 15.2 Å². The van der Waals surface area contributed by atoms with E-state index in [0.29, 0.717) is 49.5 Å². The maximum Gasteiger partial charge on any atom is 0.318 e. The average Bonchev–Trinajstić information content (AvgIpc) is 3.03. The maximum atomic E-state index is 14.6. The summed E-state index contributed by atoms with van der Waals surface area (Å²) in [6, 6.07) is 10.3. The zero-order chi connectivity index (χ0) is 34.4. The molecule has 48 heavy (non-hydrogen) atoms. The summed E-state index contributed by atoms with van der Waals surface area (Å²) in [6.45, 7) is 5.29. The van der Waals surface area contributed by atoms with E-state index in [0.717, 1.165) is 16.6 Å². The molecule has 254 valence electrons. The van der Waals surface area contributed by atoms with Crippen molar-refractivity contribution in [3.05, 3.63) is 64.8 Å². The number of aromatic nitrogens is 2. The van der Waals surface area contributed by atoms with Gasteiger partial charge in [-0.3, -0.25) is 4.79 Å². The summed E-state index contributed by atoms with van der Waals surface area (Å²) in [5, 5.41) is 11.0. The molecule has 11 nitrogen and oxygen atoms in total. The first-order valence-corrected chi connectivity index (χ1v) is 17.8. The third-order valence-corrected chi connectivity index (χ3v) is 11.6. The van der Waals surface area contributed by atoms with Gasteiger partial charge in [-0.05, 0) is 38.0 Å². The molecule has 3 aliphatic rings. The molecular formula is C33H36ClF2N7O4S. The predicted molar refractivity (Wildman–Crippen MR) is 179 cm³/mol. The highest BCUT2D eigenvalue weighted by Crippen LogP contribution is 2.39. The molecular weight excluding hydrogens is 664 g/mol. The fourth-order valence-electron chi connectivity index (χ4n) is 7.23. The highest BCUT2D eigenvalue weighted by atomic mass is 35.5. The number of fused-ring (bicyclic) bond motifs is 2. The molecule has 3 aromatic rings. The van der Waals surface area contributed by atoms with Crippen molar-refractivity contribution in [3.63, 3.8) is 0 Å². The van der Waals surface area contributed by atoms with Crippen molar-refractivity contribution in [2.45, 2.75) is 25.4 Å². The van der Waals surface area contributed by atoms with Gasteiger partial charge in [0.1, 0.15) is 18.2 Å². The quantitative estimate of drug-likeness (QED) is 0.305. The summed E-state index contributed by atoms with van der Waals surface area (Å²) in [6.07, 6.45) is 0.500. The van der Waals surface area contributed by atoms with Crippen molar-refractivity contribution >= 4 is 49.6 Å². The van der Waals surface area contributed by atoms with Gasteiger partial charge >= 0.3 is 6.01 Å². The van der Waals surface area contributed by atoms with Gasteiger partial charge in [0.2, 0.25) is 0 Å². The van der Waals surface area contributed by atoms with E-state index in [2.05, 4.69) is 17.5 Å². The number of halogens is 3. The Morgan fingerprint density at radius 3 is 2.65 bits per heavy atom. The monoisotopic (exact) mass is 699 g/mol. The van der Waals surface area contributed by atoms with Crippen LogP contribution in [-0.2, 0) is 27.6 Å². The van der Waals surface area contributed by atoms with Crippen LogP contribution in [0.4, 0.5) is 20.3 Å². The lowest BCUT2D eigenvalue weighted by molar-refractivity contribution is -0.131. The average molecular weight is 700 g/mol. The SMILES string of the molecule is C=C(F)C(=O)N1CCN(c2nc(OCC3(CN(C)C)CS(=O)(=O)C3)nc3c2CCN(c2cccc4ccc(F)c(Cl)c24)C3)CC1CC#N. The zero-order valence-electron chi connectivity index (χ0n) is 26.8. The number of hydrogen-bond donors (Lipinski definition) is 0. The molecule has 1 unspecified atom stereocenters. The normalized spacial score (nSPS) is 19.9. The highest BCUT2D eigenvalue weighted by molar-refractivity contribution is 7.92. The summed E-state index contributed by atoms with van der Waals surface area (Å²) < 4.78 is 59.1. The number of carbonyl (C=O) groups excluding carboxylic acids is 1. The van der Waals surface area contributed by atoms with E-state index < -0.39 is 38.8 Å². The Balaban J connectivity index is 1.36. The van der Waals surface area contributed by atoms with Crippen LogP contribution in [0.5, 0.6) is 6.01 Å². The Kier molecular flexibility index (Phi) is 9.23. The molecule has 1 amide bonds. The number of nitrogens with zero attached hydrogens (tertiary/aromatic N) is 7. The van der Waals surface area contributed by atoms with Crippen molar-refractivity contribution in [3.8, 4) is 12.1 Å². The zero-order valence-corrected chi connectivity index (χ0v) is 28.3. The largest absolute Gasteiger partial charge is 0.463 e. The Bertz CT molecular complexity index is 1920. The van der Waals surface area contributed by atoms with Crippen LogP contribution in [0, 0.1) is 22.6 Å². The van der Waals surface area contributed by atoms with E-state index in [1.54, 1.807) is 6.07 Å². The topological polar surface area (TPSA) is 123 Å². The van der Waals surface area contributed by atoms with Crippen molar-refractivity contribution in [2.75, 3.05) is 74.7 Å². The Labute approximate surface area is 283 Å². The molecule has 3 aliphatic heterocycles. The van der Waals surface area contributed by atoms with Gasteiger partial charge in [0.25, 0.3) is 5.91 Å². The first-order chi connectivity index (χ1) is 22.8. The van der Waals surface area contributed by atoms with Crippen LogP contribution < -0.4 is 14.5 Å². The number of amides is 1. The van der Waals surface area contributed by atoms with Crippen molar-refractivity contribution in [2.24, 2.45) is 5.41 Å². The number of sulfone groups is 1. The molecule has 0 aliphatic carbocycles. The highest BCUT2D eigenvalue weighted by Gasteiger charge is 2.49. The molecule has 4 heterocycles. The number of nitriles is 1. The van der Waals surface area contributed by atoms with Gasteiger partial charge < -0.3 is 24.3 Å². The second-order valence-electron chi connectivity index (χ2n) is 13.1. The number of hydrogen-bond acceptors (Lipinski definition) is 10. The number of ether oxygens (including phenoxy) is 1. The minimum atomic E-state index is -3.16. The lowest BCUT2D eigenvalue weighted by atomic mass is 9.92. The number of rotatable bonds is 9. The Morgan fingerprint density at radius 2 is 1.96 bits per heavy atom. The van der Waals surface area contributed by atoms with Crippen molar-refractivity contribution in [1.82, 2.24) is 19.8 Å². The standard InChI is InChI=1S/C33H36ClF2N7O4S/c1-21(35)31(44)43-14-13-42(15-23(43)9-11-37)30-24-10-12-41(27-6-4-5-22-7-8-25(36)29(34)28(22)27)16-26(24)38-32(39-30)47-18-33(17-40(2)3)19-48(45,46)20-33/h4-8,23H,1,9-10,12-20H2,2-3H3. The van der Waals surface area contributed by atoms with Gasteiger partial charge in [-0.1, -0.05) is 36.4 Å². The van der Waals surface area contributed by atoms with Crippen LogP contribution >= 0.6 is 11.6 Å². The van der Waals surface area contributed by atoms with Gasteiger partial charge in [0.05, 0.1) is 47.3 Å². The van der Waals surface area contributed by atoms with E-state index in [1.165, 1.54) is 11.0 Å². The molecule has 6 rings (SSSR count). The van der Waals surface area contributed by atoms with E-state index in [1.807, 2.05) is 42.1 Å². The molecule has 2 aromatic carbocycles. The number of benzene rings is 2. The molecule has 0 bridgehead atoms. The van der Waals surface area contributed by atoms with Crippen LogP contribution in [0.15, 0.2) is 42.7 Å². The predicted octanol–water partition coefficient (Wildman–Crippen LogP) is 3.75. The van der Waals surface area contributed by atoms with Gasteiger partial charge in [0.15, 0.2) is 15.7 Å². The first kappa shape index (κ1) is 33.8. The molecule has 0 spiro atoms. The van der Waals surface area contributed by atoms with Gasteiger partial charge in [-0.15, -0.1) is 0 Å². The molecule has 15 heteroatoms. The van der Waals surface area contributed by atoms with E-state index in [9.17, 15) is 27.3 Å². The second kappa shape index (κ2) is 13.1. The minimum absolute atomic E-state index is 0.00610. The summed E-state index contributed by atoms with van der Waals surface area (Å²) in [5.74, 6) is -1.87. The van der Waals surface area contributed by atoms with Crippen molar-refractivity contribution in [1.29, 1.82) is 5.26 Å². The molecule has 0 radical (unpaired) electrons.